The number of carboxylic acids is 2. The molecule has 0 saturated heterocycles. The maximum atomic E-state index is 10.6. The smallest absolute Gasteiger partial charge is 0.550 e. The third-order valence-electron chi connectivity index (χ3n) is 12.0. The van der Waals surface area contributed by atoms with E-state index in [2.05, 4.69) is 20.8 Å². The molecule has 360 valence electrons. The van der Waals surface area contributed by atoms with Gasteiger partial charge in [-0.3, -0.25) is 4.79 Å². The Kier molecular flexibility index (Phi) is 69.5. The number of carbonyl (C=O) groups is 3. The minimum Gasteiger partial charge on any atom is -0.550 e. The molecule has 2 N–H and O–H groups in total. The predicted molar refractivity (Wildman–Crippen MR) is 264 cm³/mol. The van der Waals surface area contributed by atoms with Crippen molar-refractivity contribution < 1.29 is 24.6 Å². The van der Waals surface area contributed by atoms with Gasteiger partial charge in [-0.05, 0) is 32.1 Å². The second kappa shape index (κ2) is 63.5. The first-order valence-electron chi connectivity index (χ1n) is 27.0. The van der Waals surface area contributed by atoms with Crippen LogP contribution in [0.3, 0.4) is 0 Å². The number of primary amides is 1. The van der Waals surface area contributed by atoms with E-state index in [0.29, 0.717) is 6.42 Å². The van der Waals surface area contributed by atoms with Gasteiger partial charge in [0.1, 0.15) is 0 Å². The van der Waals surface area contributed by atoms with Crippen molar-refractivity contribution in [3.63, 3.8) is 0 Å². The number of aliphatic carboxylic acids is 2. The monoisotopic (exact) mass is 874 g/mol. The molecule has 0 aromatic rings. The molecule has 0 radical (unpaired) electrons. The number of carbonyl (C=O) groups excluding carboxylic acids is 3. The van der Waals surface area contributed by atoms with Crippen molar-refractivity contribution in [2.24, 2.45) is 5.73 Å². The SMILES string of the molecule is CCCCCCCCCCCCCCCCCC(=O)[O-].CCCCCCCCCCCCCCCCCC(=O)[O-].CCCCCCCCCCCCCCCCCC(N)=O.[Mg+2]. The van der Waals surface area contributed by atoms with E-state index in [0.717, 1.165) is 32.1 Å². The van der Waals surface area contributed by atoms with Crippen LogP contribution < -0.4 is 15.9 Å². The van der Waals surface area contributed by atoms with Gasteiger partial charge in [-0.1, -0.05) is 290 Å². The fourth-order valence-corrected chi connectivity index (χ4v) is 7.95. The molecule has 0 heterocycles. The standard InChI is InChI=1S/C18H37NO.2C18H36O2.Mg/c3*1-2-3-4-5-6-7-8-9-10-11-12-13-14-15-16-17-18(19)20;/h2-17H2,1H3,(H2,19,20);2*2-17H2,1H3,(H,19,20);/q;;;+2/p-2. The van der Waals surface area contributed by atoms with Crippen LogP contribution >= 0.6 is 0 Å². The summed E-state index contributed by atoms with van der Waals surface area (Å²) in [5, 5.41) is 20.4. The van der Waals surface area contributed by atoms with Crippen molar-refractivity contribution >= 4 is 40.9 Å². The minimum absolute atomic E-state index is 0. The molecule has 7 heteroatoms. The van der Waals surface area contributed by atoms with Gasteiger partial charge in [-0.15, -0.1) is 0 Å². The first kappa shape index (κ1) is 66.8. The van der Waals surface area contributed by atoms with Crippen LogP contribution in [0.2, 0.25) is 0 Å². The molecule has 0 atom stereocenters. The van der Waals surface area contributed by atoms with Gasteiger partial charge in [0.15, 0.2) is 0 Å². The van der Waals surface area contributed by atoms with Crippen molar-refractivity contribution in [2.75, 3.05) is 0 Å². The van der Waals surface area contributed by atoms with Crippen LogP contribution in [-0.4, -0.2) is 40.9 Å². The molecule has 6 nitrogen and oxygen atoms in total. The molecular weight excluding hydrogens is 767 g/mol. The van der Waals surface area contributed by atoms with E-state index in [1.54, 1.807) is 0 Å². The first-order chi connectivity index (χ1) is 29.3. The molecule has 0 aliphatic heterocycles. The average Bonchev–Trinajstić information content (AvgIpc) is 3.22. The number of rotatable bonds is 48. The summed E-state index contributed by atoms with van der Waals surface area (Å²) < 4.78 is 0. The fourth-order valence-electron chi connectivity index (χ4n) is 7.95. The maximum Gasteiger partial charge on any atom is 2.00 e. The van der Waals surface area contributed by atoms with Gasteiger partial charge in [0, 0.05) is 18.4 Å². The third kappa shape index (κ3) is 76.8. The molecule has 0 fully saturated rings. The summed E-state index contributed by atoms with van der Waals surface area (Å²) in [6.07, 6.45) is 60.6. The number of hydrogen-bond acceptors (Lipinski definition) is 5. The second-order valence-electron chi connectivity index (χ2n) is 18.3. The molecule has 61 heavy (non-hydrogen) atoms. The van der Waals surface area contributed by atoms with Crippen molar-refractivity contribution in [1.29, 1.82) is 0 Å². The Hall–Kier alpha value is -0.824. The Balaban J connectivity index is -0.000000396. The number of hydrogen-bond donors (Lipinski definition) is 1. The van der Waals surface area contributed by atoms with Crippen LogP contribution in [-0.2, 0) is 14.4 Å². The van der Waals surface area contributed by atoms with Crippen LogP contribution in [0, 0.1) is 0 Å². The minimum atomic E-state index is -0.903. The summed E-state index contributed by atoms with van der Waals surface area (Å²) >= 11 is 0. The number of unbranched alkanes of at least 4 members (excludes halogenated alkanes) is 42. The second-order valence-corrected chi connectivity index (χ2v) is 18.3. The van der Waals surface area contributed by atoms with E-state index in [4.69, 9.17) is 5.73 Å². The quantitative estimate of drug-likeness (QED) is 0.0482. The zero-order chi connectivity index (χ0) is 44.7. The average molecular weight is 875 g/mol. The first-order valence-corrected chi connectivity index (χ1v) is 27.0. The van der Waals surface area contributed by atoms with Crippen molar-refractivity contribution in [3.05, 3.63) is 0 Å². The van der Waals surface area contributed by atoms with Gasteiger partial charge in [-0.2, -0.15) is 0 Å². The van der Waals surface area contributed by atoms with Gasteiger partial charge in [0.2, 0.25) is 5.91 Å². The van der Waals surface area contributed by atoms with Gasteiger partial charge >= 0.3 is 23.1 Å². The Morgan fingerprint density at radius 2 is 0.393 bits per heavy atom. The molecule has 0 saturated carbocycles. The van der Waals surface area contributed by atoms with Gasteiger partial charge < -0.3 is 25.5 Å². The van der Waals surface area contributed by atoms with E-state index >= 15 is 0 Å². The molecule has 0 unspecified atom stereocenters. The zero-order valence-corrected chi connectivity index (χ0v) is 43.2. The van der Waals surface area contributed by atoms with Crippen LogP contribution in [0.5, 0.6) is 0 Å². The summed E-state index contributed by atoms with van der Waals surface area (Å²) in [6.45, 7) is 6.81. The molecule has 1 amide bonds. The van der Waals surface area contributed by atoms with E-state index < -0.39 is 11.9 Å². The number of carboxylic acid groups (broad SMARTS) is 2. The van der Waals surface area contributed by atoms with E-state index in [1.807, 2.05) is 0 Å². The van der Waals surface area contributed by atoms with Crippen LogP contribution in [0.4, 0.5) is 0 Å². The predicted octanol–water partition coefficient (Wildman–Crippen LogP) is 15.3. The molecule has 0 spiro atoms. The molecule has 0 aromatic carbocycles. The Morgan fingerprint density at radius 1 is 0.262 bits per heavy atom. The fraction of sp³-hybridized carbons (Fsp3) is 0.944. The maximum absolute atomic E-state index is 10.6. The van der Waals surface area contributed by atoms with Crippen LogP contribution in [0.25, 0.3) is 0 Å². The molecule has 0 aromatic heterocycles. The topological polar surface area (TPSA) is 123 Å². The zero-order valence-electron chi connectivity index (χ0n) is 41.8. The van der Waals surface area contributed by atoms with Crippen molar-refractivity contribution in [3.8, 4) is 0 Å². The van der Waals surface area contributed by atoms with E-state index in [9.17, 15) is 24.6 Å². The van der Waals surface area contributed by atoms with Gasteiger partial charge in [0.25, 0.3) is 0 Å². The summed E-state index contributed by atoms with van der Waals surface area (Å²) in [4.78, 5) is 31.0. The normalized spacial score (nSPS) is 10.7. The van der Waals surface area contributed by atoms with Crippen LogP contribution in [0.1, 0.15) is 329 Å². The summed E-state index contributed by atoms with van der Waals surface area (Å²) in [5.74, 6) is -1.96. The third-order valence-corrected chi connectivity index (χ3v) is 12.0. The summed E-state index contributed by atoms with van der Waals surface area (Å²) in [5.41, 5.74) is 5.11. The molecular formula is C54H107MgNO5. The Morgan fingerprint density at radius 3 is 0.525 bits per heavy atom. The molecule has 0 aliphatic rings. The van der Waals surface area contributed by atoms with E-state index in [-0.39, 0.29) is 41.8 Å². The summed E-state index contributed by atoms with van der Waals surface area (Å²) in [6, 6.07) is 0. The molecule has 0 rings (SSSR count). The van der Waals surface area contributed by atoms with Gasteiger partial charge in [0.05, 0.1) is 0 Å². The Bertz CT molecular complexity index is 721. The molecule has 0 bridgehead atoms. The van der Waals surface area contributed by atoms with Crippen LogP contribution in [0.15, 0.2) is 0 Å². The number of nitrogens with two attached hydrogens (primary N) is 1. The summed E-state index contributed by atoms with van der Waals surface area (Å²) in [7, 11) is 0. The van der Waals surface area contributed by atoms with Gasteiger partial charge in [-0.25, -0.2) is 0 Å². The molecule has 0 aliphatic carbocycles. The Labute approximate surface area is 398 Å². The van der Waals surface area contributed by atoms with E-state index in [1.165, 1.54) is 257 Å². The van der Waals surface area contributed by atoms with Crippen molar-refractivity contribution in [1.82, 2.24) is 0 Å². The largest absolute Gasteiger partial charge is 2.00 e. The number of amides is 1. The van der Waals surface area contributed by atoms with Crippen molar-refractivity contribution in [2.45, 2.75) is 329 Å².